The normalized spacial score (nSPS) is 10.6. The lowest BCUT2D eigenvalue weighted by atomic mass is 10.2. The molecule has 0 aliphatic rings. The third-order valence-electron chi connectivity index (χ3n) is 3.49. The summed E-state index contributed by atoms with van der Waals surface area (Å²) >= 11 is 11.9. The fourth-order valence-electron chi connectivity index (χ4n) is 2.28. The number of carbonyl (C=O) groups excluding carboxylic acids is 1. The second-order valence-corrected chi connectivity index (χ2v) is 6.21. The number of carbonyl (C=O) groups is 1. The highest BCUT2D eigenvalue weighted by Crippen LogP contribution is 2.23. The molecule has 0 aliphatic heterocycles. The molecule has 7 nitrogen and oxygen atoms in total. The molecule has 1 heterocycles. The van der Waals surface area contributed by atoms with Gasteiger partial charge < -0.3 is 10.1 Å². The van der Waals surface area contributed by atoms with Crippen molar-refractivity contribution in [3.8, 4) is 5.75 Å². The monoisotopic (exact) mass is 391 g/mol. The molecule has 134 valence electrons. The van der Waals surface area contributed by atoms with Crippen molar-refractivity contribution in [1.82, 2.24) is 20.2 Å². The second kappa shape index (κ2) is 8.16. The zero-order valence-corrected chi connectivity index (χ0v) is 15.3. The van der Waals surface area contributed by atoms with Crippen LogP contribution in [-0.2, 0) is 13.2 Å². The topological polar surface area (TPSA) is 81.9 Å². The van der Waals surface area contributed by atoms with Gasteiger partial charge in [-0.25, -0.2) is 4.68 Å². The van der Waals surface area contributed by atoms with Crippen LogP contribution < -0.4 is 10.1 Å². The third kappa shape index (κ3) is 4.50. The van der Waals surface area contributed by atoms with E-state index in [1.807, 2.05) is 6.92 Å². The SMILES string of the molecule is CCn1nnnc1COc1cccc(C(=O)Nc2cc(Cl)cc(Cl)c2)c1. The van der Waals surface area contributed by atoms with Crippen molar-refractivity contribution >= 4 is 34.8 Å². The van der Waals surface area contributed by atoms with Crippen LogP contribution in [0.5, 0.6) is 5.75 Å². The van der Waals surface area contributed by atoms with E-state index in [0.717, 1.165) is 0 Å². The standard InChI is InChI=1S/C17H15Cl2N5O2/c1-2-24-16(21-22-23-24)10-26-15-5-3-4-11(6-15)17(25)20-14-8-12(18)7-13(19)9-14/h3-9H,2,10H2,1H3,(H,20,25). The molecule has 0 bridgehead atoms. The van der Waals surface area contributed by atoms with E-state index in [9.17, 15) is 4.79 Å². The number of nitrogens with one attached hydrogen (secondary N) is 1. The molecular formula is C17H15Cl2N5O2. The van der Waals surface area contributed by atoms with Crippen molar-refractivity contribution in [2.24, 2.45) is 0 Å². The molecule has 3 rings (SSSR count). The Morgan fingerprint density at radius 2 is 1.96 bits per heavy atom. The number of rotatable bonds is 6. The number of benzene rings is 2. The Labute approximate surface area is 159 Å². The van der Waals surface area contributed by atoms with Gasteiger partial charge >= 0.3 is 0 Å². The van der Waals surface area contributed by atoms with E-state index in [1.165, 1.54) is 0 Å². The Hall–Kier alpha value is -2.64. The highest BCUT2D eigenvalue weighted by molar-refractivity contribution is 6.35. The minimum Gasteiger partial charge on any atom is -0.486 e. The molecule has 1 N–H and O–H groups in total. The van der Waals surface area contributed by atoms with Gasteiger partial charge in [-0.1, -0.05) is 29.3 Å². The fraction of sp³-hybridized carbons (Fsp3) is 0.176. The molecule has 26 heavy (non-hydrogen) atoms. The number of amides is 1. The largest absolute Gasteiger partial charge is 0.486 e. The molecule has 0 saturated heterocycles. The molecule has 0 unspecified atom stereocenters. The van der Waals surface area contributed by atoms with Crippen LogP contribution in [-0.4, -0.2) is 26.1 Å². The number of aryl methyl sites for hydroxylation is 1. The summed E-state index contributed by atoms with van der Waals surface area (Å²) in [5.74, 6) is 0.843. The van der Waals surface area contributed by atoms with Crippen LogP contribution >= 0.6 is 23.2 Å². The molecule has 0 aliphatic carbocycles. The number of tetrazole rings is 1. The molecule has 0 saturated carbocycles. The number of nitrogens with zero attached hydrogens (tertiary/aromatic N) is 4. The van der Waals surface area contributed by atoms with Gasteiger partial charge in [0.1, 0.15) is 12.4 Å². The molecule has 0 fully saturated rings. The molecule has 2 aromatic carbocycles. The van der Waals surface area contributed by atoms with Gasteiger partial charge in [-0.05, 0) is 53.7 Å². The molecule has 0 spiro atoms. The minimum atomic E-state index is -0.299. The average Bonchev–Trinajstić information content (AvgIpc) is 3.07. The zero-order valence-electron chi connectivity index (χ0n) is 13.8. The van der Waals surface area contributed by atoms with E-state index >= 15 is 0 Å². The highest BCUT2D eigenvalue weighted by Gasteiger charge is 2.10. The first kappa shape index (κ1) is 18.2. The van der Waals surface area contributed by atoms with E-state index in [1.54, 1.807) is 47.1 Å². The summed E-state index contributed by atoms with van der Waals surface area (Å²) in [5.41, 5.74) is 0.953. The second-order valence-electron chi connectivity index (χ2n) is 5.34. The number of anilines is 1. The summed E-state index contributed by atoms with van der Waals surface area (Å²) in [4.78, 5) is 12.4. The smallest absolute Gasteiger partial charge is 0.255 e. The first-order chi connectivity index (χ1) is 12.5. The summed E-state index contributed by atoms with van der Waals surface area (Å²) in [6.07, 6.45) is 0. The highest BCUT2D eigenvalue weighted by atomic mass is 35.5. The van der Waals surface area contributed by atoms with Crippen molar-refractivity contribution in [2.45, 2.75) is 20.1 Å². The number of hydrogen-bond acceptors (Lipinski definition) is 5. The number of ether oxygens (including phenoxy) is 1. The van der Waals surface area contributed by atoms with Gasteiger partial charge in [-0.15, -0.1) is 5.10 Å². The molecular weight excluding hydrogens is 377 g/mol. The summed E-state index contributed by atoms with van der Waals surface area (Å²) in [6, 6.07) is 11.7. The van der Waals surface area contributed by atoms with Crippen LogP contribution in [0.4, 0.5) is 5.69 Å². The lowest BCUT2D eigenvalue weighted by Gasteiger charge is -2.09. The summed E-state index contributed by atoms with van der Waals surface area (Å²) in [7, 11) is 0. The van der Waals surface area contributed by atoms with Gasteiger partial charge in [-0.2, -0.15) is 0 Å². The zero-order chi connectivity index (χ0) is 18.5. The number of halogens is 2. The lowest BCUT2D eigenvalue weighted by molar-refractivity contribution is 0.102. The Morgan fingerprint density at radius 1 is 1.19 bits per heavy atom. The van der Waals surface area contributed by atoms with E-state index in [2.05, 4.69) is 20.8 Å². The quantitative estimate of drug-likeness (QED) is 0.690. The van der Waals surface area contributed by atoms with Gasteiger partial charge in [0.2, 0.25) is 0 Å². The van der Waals surface area contributed by atoms with Gasteiger partial charge in [-0.3, -0.25) is 4.79 Å². The van der Waals surface area contributed by atoms with Gasteiger partial charge in [0.25, 0.3) is 5.91 Å². The Morgan fingerprint density at radius 3 is 2.69 bits per heavy atom. The Bertz CT molecular complexity index is 909. The Kier molecular flexibility index (Phi) is 5.70. The number of hydrogen-bond donors (Lipinski definition) is 1. The first-order valence-corrected chi connectivity index (χ1v) is 8.56. The molecule has 0 atom stereocenters. The van der Waals surface area contributed by atoms with Crippen LogP contribution in [0.25, 0.3) is 0 Å². The lowest BCUT2D eigenvalue weighted by Crippen LogP contribution is -2.12. The van der Waals surface area contributed by atoms with Crippen LogP contribution in [0.2, 0.25) is 10.0 Å². The Balaban J connectivity index is 1.69. The predicted octanol–water partition coefficient (Wildman–Crippen LogP) is 3.83. The maximum Gasteiger partial charge on any atom is 0.255 e. The van der Waals surface area contributed by atoms with Crippen molar-refractivity contribution in [3.05, 3.63) is 63.9 Å². The van der Waals surface area contributed by atoms with Crippen molar-refractivity contribution in [2.75, 3.05) is 5.32 Å². The van der Waals surface area contributed by atoms with Crippen LogP contribution in [0.3, 0.4) is 0 Å². The maximum absolute atomic E-state index is 12.4. The van der Waals surface area contributed by atoms with E-state index < -0.39 is 0 Å². The van der Waals surface area contributed by atoms with Gasteiger partial charge in [0.05, 0.1) is 0 Å². The fourth-order valence-corrected chi connectivity index (χ4v) is 2.80. The van der Waals surface area contributed by atoms with Gasteiger partial charge in [0.15, 0.2) is 5.82 Å². The van der Waals surface area contributed by atoms with Crippen LogP contribution in [0, 0.1) is 0 Å². The third-order valence-corrected chi connectivity index (χ3v) is 3.93. The first-order valence-electron chi connectivity index (χ1n) is 7.80. The van der Waals surface area contributed by atoms with Gasteiger partial charge in [0, 0.05) is 27.8 Å². The number of aromatic nitrogens is 4. The minimum absolute atomic E-state index is 0.204. The molecule has 9 heteroatoms. The molecule has 1 amide bonds. The predicted molar refractivity (Wildman–Crippen MR) is 98.7 cm³/mol. The van der Waals surface area contributed by atoms with E-state index in [4.69, 9.17) is 27.9 Å². The van der Waals surface area contributed by atoms with Crippen molar-refractivity contribution < 1.29 is 9.53 Å². The molecule has 1 aromatic heterocycles. The summed E-state index contributed by atoms with van der Waals surface area (Å²) in [6.45, 7) is 2.79. The summed E-state index contributed by atoms with van der Waals surface area (Å²) in [5, 5.41) is 15.0. The van der Waals surface area contributed by atoms with E-state index in [-0.39, 0.29) is 12.5 Å². The molecule has 0 radical (unpaired) electrons. The van der Waals surface area contributed by atoms with Crippen LogP contribution in [0.1, 0.15) is 23.1 Å². The maximum atomic E-state index is 12.4. The average molecular weight is 392 g/mol. The van der Waals surface area contributed by atoms with Crippen molar-refractivity contribution in [3.63, 3.8) is 0 Å². The van der Waals surface area contributed by atoms with E-state index in [0.29, 0.717) is 39.4 Å². The van der Waals surface area contributed by atoms with Crippen LogP contribution in [0.15, 0.2) is 42.5 Å². The molecule has 3 aromatic rings. The van der Waals surface area contributed by atoms with Crippen molar-refractivity contribution in [1.29, 1.82) is 0 Å². The summed E-state index contributed by atoms with van der Waals surface area (Å²) < 4.78 is 7.32.